The largest absolute Gasteiger partial charge is 0.296 e. The van der Waals surface area contributed by atoms with Crippen LogP contribution >= 0.6 is 0 Å². The van der Waals surface area contributed by atoms with E-state index in [9.17, 15) is 0 Å². The van der Waals surface area contributed by atoms with Crippen molar-refractivity contribution in [1.29, 1.82) is 0 Å². The lowest BCUT2D eigenvalue weighted by molar-refractivity contribution is -0.135. The van der Waals surface area contributed by atoms with E-state index in [0.29, 0.717) is 23.8 Å². The summed E-state index contributed by atoms with van der Waals surface area (Å²) in [5, 5.41) is 0. The topological polar surface area (TPSA) is 9.72 Å². The standard InChI is InChI=1S/C28H61N3/c1-20(2)22(5)24(7,8)30(18)27(13,14)28(15,16)31(19)26(11,12)25(9,10)29(17)23(6)21(3)4/h20-23H,1-19H3/t22?,23-/m1/s1. The zero-order chi connectivity index (χ0) is 25.5. The molecular weight excluding hydrogens is 378 g/mol. The van der Waals surface area contributed by atoms with Gasteiger partial charge in [-0.25, -0.2) is 0 Å². The third kappa shape index (κ3) is 5.35. The van der Waals surface area contributed by atoms with Crippen molar-refractivity contribution in [2.24, 2.45) is 17.8 Å². The van der Waals surface area contributed by atoms with Crippen LogP contribution in [0.5, 0.6) is 0 Å². The smallest absolute Gasteiger partial charge is 0.0334 e. The molecule has 0 aromatic heterocycles. The molecule has 0 saturated carbocycles. The van der Waals surface area contributed by atoms with Crippen molar-refractivity contribution in [2.75, 3.05) is 21.1 Å². The summed E-state index contributed by atoms with van der Waals surface area (Å²) in [4.78, 5) is 7.88. The highest BCUT2D eigenvalue weighted by Crippen LogP contribution is 2.45. The Morgan fingerprint density at radius 3 is 1.10 bits per heavy atom. The molecule has 0 heterocycles. The van der Waals surface area contributed by atoms with E-state index in [1.807, 2.05) is 0 Å². The molecule has 188 valence electrons. The van der Waals surface area contributed by atoms with Crippen molar-refractivity contribution in [3.8, 4) is 0 Å². The van der Waals surface area contributed by atoms with Crippen LogP contribution in [0.25, 0.3) is 0 Å². The Bertz CT molecular complexity index is 569. The van der Waals surface area contributed by atoms with Gasteiger partial charge in [0.05, 0.1) is 0 Å². The van der Waals surface area contributed by atoms with Crippen LogP contribution in [0.3, 0.4) is 0 Å². The number of rotatable bonds is 11. The molecule has 2 atom stereocenters. The third-order valence-corrected chi connectivity index (χ3v) is 10.9. The number of hydrogen-bond donors (Lipinski definition) is 0. The monoisotopic (exact) mass is 439 g/mol. The van der Waals surface area contributed by atoms with Gasteiger partial charge in [0.15, 0.2) is 0 Å². The molecule has 31 heavy (non-hydrogen) atoms. The van der Waals surface area contributed by atoms with E-state index in [-0.39, 0.29) is 27.7 Å². The average Bonchev–Trinajstić information content (AvgIpc) is 2.63. The molecular formula is C28H61N3. The van der Waals surface area contributed by atoms with E-state index in [1.54, 1.807) is 0 Å². The number of nitrogens with zero attached hydrogens (tertiary/aromatic N) is 3. The van der Waals surface area contributed by atoms with Crippen LogP contribution in [0.4, 0.5) is 0 Å². The van der Waals surface area contributed by atoms with E-state index < -0.39 is 0 Å². The van der Waals surface area contributed by atoms with Gasteiger partial charge in [-0.3, -0.25) is 14.7 Å². The van der Waals surface area contributed by atoms with E-state index in [4.69, 9.17) is 0 Å². The highest BCUT2D eigenvalue weighted by Gasteiger charge is 2.55. The van der Waals surface area contributed by atoms with Crippen LogP contribution in [0.2, 0.25) is 0 Å². The Morgan fingerprint density at radius 2 is 0.774 bits per heavy atom. The summed E-state index contributed by atoms with van der Waals surface area (Å²) in [6, 6.07) is 0.521. The first-order valence-electron chi connectivity index (χ1n) is 12.6. The lowest BCUT2D eigenvalue weighted by Crippen LogP contribution is -2.75. The van der Waals surface area contributed by atoms with Crippen LogP contribution in [-0.2, 0) is 0 Å². The quantitative estimate of drug-likeness (QED) is 0.343. The van der Waals surface area contributed by atoms with Gasteiger partial charge in [0.2, 0.25) is 0 Å². The molecule has 0 spiro atoms. The molecule has 0 aliphatic rings. The molecule has 1 unspecified atom stereocenters. The molecule has 3 nitrogen and oxygen atoms in total. The normalized spacial score (nSPS) is 17.4. The third-order valence-electron chi connectivity index (χ3n) is 10.9. The maximum Gasteiger partial charge on any atom is 0.0334 e. The molecule has 0 N–H and O–H groups in total. The first kappa shape index (κ1) is 30.9. The van der Waals surface area contributed by atoms with Gasteiger partial charge in [-0.1, -0.05) is 34.6 Å². The highest BCUT2D eigenvalue weighted by molar-refractivity contribution is 5.12. The Labute approximate surface area is 198 Å². The Morgan fingerprint density at radius 1 is 0.452 bits per heavy atom. The second-order valence-corrected chi connectivity index (χ2v) is 13.6. The predicted octanol–water partition coefficient (Wildman–Crippen LogP) is 7.01. The van der Waals surface area contributed by atoms with Crippen molar-refractivity contribution in [3.05, 3.63) is 0 Å². The van der Waals surface area contributed by atoms with Crippen LogP contribution in [0, 0.1) is 17.8 Å². The minimum Gasteiger partial charge on any atom is -0.296 e. The molecule has 0 aliphatic heterocycles. The molecule has 0 radical (unpaired) electrons. The van der Waals surface area contributed by atoms with Crippen molar-refractivity contribution < 1.29 is 0 Å². The average molecular weight is 440 g/mol. The van der Waals surface area contributed by atoms with Crippen molar-refractivity contribution in [1.82, 2.24) is 14.7 Å². The van der Waals surface area contributed by atoms with E-state index in [0.717, 1.165) is 0 Å². The van der Waals surface area contributed by atoms with Crippen LogP contribution in [-0.4, -0.2) is 69.6 Å². The van der Waals surface area contributed by atoms with Gasteiger partial charge in [0.1, 0.15) is 0 Å². The summed E-state index contributed by atoms with van der Waals surface area (Å²) < 4.78 is 0. The van der Waals surface area contributed by atoms with Gasteiger partial charge in [0.25, 0.3) is 0 Å². The predicted molar refractivity (Wildman–Crippen MR) is 142 cm³/mol. The van der Waals surface area contributed by atoms with Gasteiger partial charge in [-0.15, -0.1) is 0 Å². The zero-order valence-corrected chi connectivity index (χ0v) is 25.2. The Hall–Kier alpha value is -0.120. The molecule has 0 saturated heterocycles. The van der Waals surface area contributed by atoms with Gasteiger partial charge < -0.3 is 0 Å². The molecule has 0 bridgehead atoms. The van der Waals surface area contributed by atoms with Crippen LogP contribution < -0.4 is 0 Å². The fourth-order valence-electron chi connectivity index (χ4n) is 5.16. The molecule has 0 rings (SSSR count). The fraction of sp³-hybridized carbons (Fsp3) is 1.00. The minimum atomic E-state index is -0.0571. The summed E-state index contributed by atoms with van der Waals surface area (Å²) in [5.74, 6) is 1.87. The summed E-state index contributed by atoms with van der Waals surface area (Å²) in [5.41, 5.74) is -0.0425. The summed E-state index contributed by atoms with van der Waals surface area (Å²) >= 11 is 0. The Balaban J connectivity index is 6.24. The lowest BCUT2D eigenvalue weighted by atomic mass is 9.69. The first-order valence-corrected chi connectivity index (χ1v) is 12.6. The summed E-state index contributed by atoms with van der Waals surface area (Å²) in [6.45, 7) is 38.4. The SMILES string of the molecule is CC(C)C(C)C(C)(C)N(C)C(C)(C)C(C)(C)N(C)C(C)(C)C(C)(C)N(C)[C@H](C)C(C)C. The maximum atomic E-state index is 2.65. The molecule has 0 fully saturated rings. The van der Waals surface area contributed by atoms with Crippen molar-refractivity contribution >= 4 is 0 Å². The second-order valence-electron chi connectivity index (χ2n) is 13.6. The second kappa shape index (κ2) is 9.63. The van der Waals surface area contributed by atoms with Crippen molar-refractivity contribution in [3.63, 3.8) is 0 Å². The van der Waals surface area contributed by atoms with Gasteiger partial charge in [0, 0.05) is 33.7 Å². The first-order chi connectivity index (χ1) is 13.4. The van der Waals surface area contributed by atoms with E-state index in [2.05, 4.69) is 147 Å². The Kier molecular flexibility index (Phi) is 9.59. The fourth-order valence-corrected chi connectivity index (χ4v) is 5.16. The van der Waals surface area contributed by atoms with Crippen molar-refractivity contribution in [2.45, 2.75) is 145 Å². The highest BCUT2D eigenvalue weighted by atomic mass is 15.4. The molecule has 0 amide bonds. The van der Waals surface area contributed by atoms with E-state index in [1.165, 1.54) is 0 Å². The lowest BCUT2D eigenvalue weighted by Gasteiger charge is -2.64. The van der Waals surface area contributed by atoms with Gasteiger partial charge in [-0.2, -0.15) is 0 Å². The van der Waals surface area contributed by atoms with Crippen LogP contribution in [0.15, 0.2) is 0 Å². The minimum absolute atomic E-state index is 0.00188. The zero-order valence-electron chi connectivity index (χ0n) is 25.2. The summed E-state index contributed by atoms with van der Waals surface area (Å²) in [7, 11) is 6.97. The molecule has 0 aliphatic carbocycles. The molecule has 0 aromatic carbocycles. The molecule has 3 heteroatoms. The van der Waals surface area contributed by atoms with Gasteiger partial charge in [-0.05, 0) is 115 Å². The van der Waals surface area contributed by atoms with Gasteiger partial charge >= 0.3 is 0 Å². The number of hydrogen-bond acceptors (Lipinski definition) is 3. The van der Waals surface area contributed by atoms with E-state index >= 15 is 0 Å². The number of likely N-dealkylation sites (N-methyl/N-ethyl adjacent to an activating group) is 3. The van der Waals surface area contributed by atoms with Crippen LogP contribution in [0.1, 0.15) is 111 Å². The maximum absolute atomic E-state index is 2.65. The molecule has 0 aromatic rings. The summed E-state index contributed by atoms with van der Waals surface area (Å²) in [6.07, 6.45) is 0.